The molecule has 0 spiro atoms. The molecule has 0 bridgehead atoms. The fourth-order valence-corrected chi connectivity index (χ4v) is 6.42. The first-order chi connectivity index (χ1) is 17.1. The molecule has 1 saturated heterocycles. The maximum atomic E-state index is 14.0. The number of nitrogens with zero attached hydrogens (tertiary/aromatic N) is 5. The van der Waals surface area contributed by atoms with Gasteiger partial charge in [-0.25, -0.2) is 9.67 Å². The number of carbonyl (C=O) groups is 1. The molecule has 3 aromatic heterocycles. The zero-order valence-electron chi connectivity index (χ0n) is 18.1. The molecule has 0 aliphatic carbocycles. The van der Waals surface area contributed by atoms with Gasteiger partial charge in [0.2, 0.25) is 0 Å². The largest absolute Gasteiger partial charge is 0.434 e. The van der Waals surface area contributed by atoms with Gasteiger partial charge in [0, 0.05) is 29.4 Å². The summed E-state index contributed by atoms with van der Waals surface area (Å²) in [5.74, 6) is -0.624. The summed E-state index contributed by atoms with van der Waals surface area (Å²) in [7, 11) is 0. The van der Waals surface area contributed by atoms with E-state index in [-0.39, 0.29) is 16.8 Å². The molecule has 1 aliphatic rings. The zero-order valence-corrected chi connectivity index (χ0v) is 22.0. The molecular weight excluding hydrogens is 578 g/mol. The van der Waals surface area contributed by atoms with Crippen LogP contribution in [0.2, 0.25) is 15.2 Å². The highest BCUT2D eigenvalue weighted by atomic mass is 35.5. The normalized spacial score (nSPS) is 15.0. The number of piperidine rings is 1. The van der Waals surface area contributed by atoms with Gasteiger partial charge >= 0.3 is 6.18 Å². The van der Waals surface area contributed by atoms with Gasteiger partial charge in [-0.05, 0) is 48.6 Å². The molecule has 36 heavy (non-hydrogen) atoms. The second-order valence-corrected chi connectivity index (χ2v) is 10.9. The molecule has 188 valence electrons. The van der Waals surface area contributed by atoms with E-state index in [4.69, 9.17) is 34.8 Å². The number of hydrogen-bond donors (Lipinski definition) is 0. The van der Waals surface area contributed by atoms with Gasteiger partial charge in [-0.1, -0.05) is 34.8 Å². The smallest absolute Gasteiger partial charge is 0.338 e. The first-order valence-electron chi connectivity index (χ1n) is 10.6. The Morgan fingerprint density at radius 3 is 2.39 bits per heavy atom. The number of benzene rings is 1. The van der Waals surface area contributed by atoms with E-state index in [1.165, 1.54) is 52.0 Å². The lowest BCUT2D eigenvalue weighted by atomic mass is 9.97. The van der Waals surface area contributed by atoms with Crippen molar-refractivity contribution in [2.75, 3.05) is 13.1 Å². The highest BCUT2D eigenvalue weighted by molar-refractivity contribution is 7.12. The van der Waals surface area contributed by atoms with Crippen LogP contribution in [0.3, 0.4) is 0 Å². The van der Waals surface area contributed by atoms with Crippen molar-refractivity contribution in [1.82, 2.24) is 24.0 Å². The van der Waals surface area contributed by atoms with Gasteiger partial charge in [0.1, 0.15) is 0 Å². The van der Waals surface area contributed by atoms with Crippen molar-refractivity contribution < 1.29 is 18.0 Å². The van der Waals surface area contributed by atoms with Crippen molar-refractivity contribution in [3.05, 3.63) is 67.3 Å². The third-order valence-electron chi connectivity index (χ3n) is 5.82. The molecule has 0 atom stereocenters. The van der Waals surface area contributed by atoms with Crippen LogP contribution in [0.25, 0.3) is 16.3 Å². The molecule has 1 amide bonds. The molecule has 1 aromatic carbocycles. The quantitative estimate of drug-likeness (QED) is 0.247. The number of carbonyl (C=O) groups excluding carboxylic acids is 1. The number of likely N-dealkylation sites (tertiary alicyclic amines) is 1. The van der Waals surface area contributed by atoms with Crippen LogP contribution in [0.1, 0.15) is 39.8 Å². The van der Waals surface area contributed by atoms with Gasteiger partial charge in [0.15, 0.2) is 10.8 Å². The summed E-state index contributed by atoms with van der Waals surface area (Å²) in [5.41, 5.74) is -0.746. The summed E-state index contributed by atoms with van der Waals surface area (Å²) in [6.07, 6.45) is -2.66. The fourth-order valence-electron chi connectivity index (χ4n) is 4.05. The third-order valence-corrected chi connectivity index (χ3v) is 8.90. The topological polar surface area (TPSA) is 63.9 Å². The molecule has 1 fully saturated rings. The number of amides is 1. The Balaban J connectivity index is 1.32. The summed E-state index contributed by atoms with van der Waals surface area (Å²) < 4.78 is 46.8. The average molecular weight is 593 g/mol. The van der Waals surface area contributed by atoms with Crippen molar-refractivity contribution in [3.8, 4) is 16.3 Å². The maximum absolute atomic E-state index is 14.0. The van der Waals surface area contributed by atoms with Gasteiger partial charge in [0.05, 0.1) is 38.0 Å². The minimum absolute atomic E-state index is 0.0776. The van der Waals surface area contributed by atoms with Crippen LogP contribution in [0.4, 0.5) is 13.2 Å². The first-order valence-corrected chi connectivity index (χ1v) is 13.4. The highest BCUT2D eigenvalue weighted by Gasteiger charge is 2.42. The molecule has 14 heteroatoms. The van der Waals surface area contributed by atoms with E-state index in [1.807, 2.05) is 5.38 Å². The van der Waals surface area contributed by atoms with Crippen LogP contribution in [-0.2, 0) is 6.18 Å². The summed E-state index contributed by atoms with van der Waals surface area (Å²) in [6.45, 7) is 0.601. The van der Waals surface area contributed by atoms with Crippen LogP contribution in [0.5, 0.6) is 0 Å². The highest BCUT2D eigenvalue weighted by Crippen LogP contribution is 2.40. The van der Waals surface area contributed by atoms with Gasteiger partial charge in [0.25, 0.3) is 5.91 Å². The second-order valence-electron chi connectivity index (χ2n) is 8.05. The molecule has 5 rings (SSSR count). The van der Waals surface area contributed by atoms with E-state index in [0.717, 1.165) is 15.9 Å². The van der Waals surface area contributed by atoms with Gasteiger partial charge in [-0.3, -0.25) is 4.79 Å². The monoisotopic (exact) mass is 591 g/mol. The number of alkyl halides is 3. The van der Waals surface area contributed by atoms with Crippen molar-refractivity contribution >= 4 is 63.6 Å². The number of aromatic nitrogens is 4. The molecule has 0 unspecified atom stereocenters. The third kappa shape index (κ3) is 4.87. The molecule has 0 N–H and O–H groups in total. The van der Waals surface area contributed by atoms with E-state index in [1.54, 1.807) is 0 Å². The Hall–Kier alpha value is -2.18. The van der Waals surface area contributed by atoms with Crippen LogP contribution in [0.15, 0.2) is 35.8 Å². The van der Waals surface area contributed by atoms with Gasteiger partial charge in [-0.15, -0.1) is 11.3 Å². The number of rotatable bonds is 4. The van der Waals surface area contributed by atoms with E-state index in [0.29, 0.717) is 46.5 Å². The fraction of sp³-hybridized carbons (Fsp3) is 0.273. The Morgan fingerprint density at radius 2 is 1.78 bits per heavy atom. The Labute approximate surface area is 226 Å². The predicted octanol–water partition coefficient (Wildman–Crippen LogP) is 7.45. The Bertz CT molecular complexity index is 1410. The average Bonchev–Trinajstić information content (AvgIpc) is 3.58. The number of thiazole rings is 1. The van der Waals surface area contributed by atoms with Crippen molar-refractivity contribution in [3.63, 3.8) is 0 Å². The lowest BCUT2D eigenvalue weighted by molar-refractivity contribution is -0.143. The van der Waals surface area contributed by atoms with Gasteiger partial charge < -0.3 is 4.90 Å². The minimum Gasteiger partial charge on any atom is -0.338 e. The summed E-state index contributed by atoms with van der Waals surface area (Å²) >= 11 is 20.6. The first kappa shape index (κ1) is 25.5. The van der Waals surface area contributed by atoms with Crippen LogP contribution in [-0.4, -0.2) is 43.0 Å². The standard InChI is InChI=1S/C22H15Cl3F3N5OS2/c23-12-1-3-13(4-2-12)33-18(22(26,27)28)14(9-29-33)21(34)32-7-5-11(6-8-32)20-30-15(10-35-20)17-16(24)19(25)31-36-17/h1-4,9-11H,5-8H2. The molecule has 0 radical (unpaired) electrons. The summed E-state index contributed by atoms with van der Waals surface area (Å²) in [6, 6.07) is 5.76. The molecule has 0 saturated carbocycles. The van der Waals surface area contributed by atoms with Crippen molar-refractivity contribution in [2.45, 2.75) is 24.9 Å². The SMILES string of the molecule is O=C(c1cnn(-c2ccc(Cl)cc2)c1C(F)(F)F)N1CCC(c2nc(-c3snc(Cl)c3Cl)cs2)CC1. The Kier molecular flexibility index (Phi) is 7.03. The van der Waals surface area contributed by atoms with E-state index >= 15 is 0 Å². The molecule has 4 aromatic rings. The lowest BCUT2D eigenvalue weighted by Crippen LogP contribution is -2.38. The number of halogens is 6. The Morgan fingerprint density at radius 1 is 1.08 bits per heavy atom. The summed E-state index contributed by atoms with van der Waals surface area (Å²) in [4.78, 5) is 19.9. The molecule has 6 nitrogen and oxygen atoms in total. The minimum atomic E-state index is -4.78. The predicted molar refractivity (Wildman–Crippen MR) is 135 cm³/mol. The van der Waals surface area contributed by atoms with E-state index in [2.05, 4.69) is 14.5 Å². The van der Waals surface area contributed by atoms with Gasteiger partial charge in [-0.2, -0.15) is 22.6 Å². The zero-order chi connectivity index (χ0) is 25.6. The molecular formula is C22H15Cl3F3N5OS2. The second kappa shape index (κ2) is 9.94. The van der Waals surface area contributed by atoms with Crippen molar-refractivity contribution in [2.24, 2.45) is 0 Å². The molecule has 1 aliphatic heterocycles. The lowest BCUT2D eigenvalue weighted by Gasteiger charge is -2.31. The van der Waals surface area contributed by atoms with Crippen LogP contribution in [0, 0.1) is 0 Å². The number of hydrogen-bond acceptors (Lipinski definition) is 6. The van der Waals surface area contributed by atoms with Crippen molar-refractivity contribution in [1.29, 1.82) is 0 Å². The molecule has 4 heterocycles. The van der Waals surface area contributed by atoms with Crippen LogP contribution < -0.4 is 0 Å². The van der Waals surface area contributed by atoms with Crippen LogP contribution >= 0.6 is 57.7 Å². The van der Waals surface area contributed by atoms with E-state index in [9.17, 15) is 18.0 Å². The van der Waals surface area contributed by atoms with E-state index < -0.39 is 23.3 Å². The summed E-state index contributed by atoms with van der Waals surface area (Å²) in [5, 5.41) is 7.60. The maximum Gasteiger partial charge on any atom is 0.434 e.